The van der Waals surface area contributed by atoms with E-state index >= 15 is 0 Å². The molecule has 0 amide bonds. The highest BCUT2D eigenvalue weighted by Gasteiger charge is 2.57. The molecule has 0 aromatic rings. The summed E-state index contributed by atoms with van der Waals surface area (Å²) in [6.45, 7) is 10.0. The standard InChI is InChI=1S/C23H40O6/c1-6-7-10-16-14-15(2)9-8-12-23(5)20(29-23)18(25)21(27)28-17(24)11-13-22(3,4)19(16)26/h15-16,18,20-21,25,27H,6-14H2,1-5H3. The summed E-state index contributed by atoms with van der Waals surface area (Å²) in [5.41, 5.74) is -1.13. The van der Waals surface area contributed by atoms with Crippen LogP contribution in [-0.4, -0.2) is 46.1 Å². The number of fused-ring (bicyclic) bond motifs is 1. The normalized spacial score (nSPS) is 39.5. The lowest BCUT2D eigenvalue weighted by atomic mass is 9.73. The molecule has 2 saturated heterocycles. The third-order valence-corrected chi connectivity index (χ3v) is 6.75. The second kappa shape index (κ2) is 9.88. The molecule has 0 radical (unpaired) electrons. The Morgan fingerprint density at radius 3 is 2.48 bits per heavy atom. The van der Waals surface area contributed by atoms with Gasteiger partial charge < -0.3 is 19.7 Å². The van der Waals surface area contributed by atoms with Crippen molar-refractivity contribution in [1.82, 2.24) is 0 Å². The minimum Gasteiger partial charge on any atom is -0.433 e. The maximum absolute atomic E-state index is 13.3. The summed E-state index contributed by atoms with van der Waals surface area (Å²) in [5, 5.41) is 20.4. The molecule has 6 unspecified atom stereocenters. The molecule has 0 spiro atoms. The summed E-state index contributed by atoms with van der Waals surface area (Å²) in [6.07, 6.45) is 3.52. The fraction of sp³-hybridized carbons (Fsp3) is 0.913. The number of rotatable bonds is 3. The van der Waals surface area contributed by atoms with Crippen molar-refractivity contribution < 1.29 is 29.3 Å². The van der Waals surface area contributed by atoms with Crippen molar-refractivity contribution in [3.8, 4) is 0 Å². The van der Waals surface area contributed by atoms with Crippen LogP contribution < -0.4 is 0 Å². The number of esters is 1. The second-order valence-corrected chi connectivity index (χ2v) is 10.0. The number of ether oxygens (including phenoxy) is 2. The van der Waals surface area contributed by atoms with Crippen molar-refractivity contribution in [3.05, 3.63) is 0 Å². The fourth-order valence-electron chi connectivity index (χ4n) is 4.60. The zero-order valence-electron chi connectivity index (χ0n) is 18.8. The SMILES string of the molecule is CCCCC1CC(C)CCCC2(C)OC2C(O)C(O)OC(=O)CCC(C)(C)C1=O. The number of hydrogen-bond acceptors (Lipinski definition) is 6. The van der Waals surface area contributed by atoms with E-state index in [1.807, 2.05) is 20.8 Å². The zero-order valence-corrected chi connectivity index (χ0v) is 18.8. The Morgan fingerprint density at radius 1 is 1.14 bits per heavy atom. The number of cyclic esters (lactones) is 1. The number of Topliss-reactive ketones (excluding diaryl/α,β-unsaturated/α-hetero) is 1. The first kappa shape index (κ1) is 24.3. The molecule has 2 aliphatic rings. The van der Waals surface area contributed by atoms with Gasteiger partial charge in [-0.1, -0.05) is 53.4 Å². The van der Waals surface area contributed by atoms with Crippen LogP contribution in [0.25, 0.3) is 0 Å². The molecule has 29 heavy (non-hydrogen) atoms. The molecular weight excluding hydrogens is 372 g/mol. The minimum atomic E-state index is -1.61. The van der Waals surface area contributed by atoms with Crippen LogP contribution >= 0.6 is 0 Å². The van der Waals surface area contributed by atoms with E-state index in [9.17, 15) is 19.8 Å². The average Bonchev–Trinajstić information content (AvgIpc) is 3.32. The summed E-state index contributed by atoms with van der Waals surface area (Å²) in [7, 11) is 0. The lowest BCUT2D eigenvalue weighted by molar-refractivity contribution is -0.189. The topological polar surface area (TPSA) is 96.4 Å². The van der Waals surface area contributed by atoms with Gasteiger partial charge >= 0.3 is 5.97 Å². The Morgan fingerprint density at radius 2 is 1.83 bits per heavy atom. The van der Waals surface area contributed by atoms with Crippen LogP contribution in [0.5, 0.6) is 0 Å². The number of epoxide rings is 1. The van der Waals surface area contributed by atoms with Crippen molar-refractivity contribution in [2.45, 2.75) is 117 Å². The van der Waals surface area contributed by atoms with Gasteiger partial charge in [0.25, 0.3) is 0 Å². The van der Waals surface area contributed by atoms with Gasteiger partial charge in [-0.15, -0.1) is 0 Å². The molecule has 0 aliphatic carbocycles. The van der Waals surface area contributed by atoms with Crippen LogP contribution in [0.3, 0.4) is 0 Å². The van der Waals surface area contributed by atoms with Crippen LogP contribution in [0.1, 0.15) is 92.4 Å². The van der Waals surface area contributed by atoms with Gasteiger partial charge in [-0.2, -0.15) is 0 Å². The van der Waals surface area contributed by atoms with Gasteiger partial charge in [0.2, 0.25) is 6.29 Å². The van der Waals surface area contributed by atoms with E-state index in [1.165, 1.54) is 0 Å². The molecule has 0 saturated carbocycles. The van der Waals surface area contributed by atoms with Crippen molar-refractivity contribution in [2.75, 3.05) is 0 Å². The predicted octanol–water partition coefficient (Wildman–Crippen LogP) is 3.76. The maximum Gasteiger partial charge on any atom is 0.308 e. The summed E-state index contributed by atoms with van der Waals surface area (Å²) in [4.78, 5) is 25.5. The van der Waals surface area contributed by atoms with Crippen LogP contribution in [0, 0.1) is 17.3 Å². The number of carbonyl (C=O) groups is 2. The molecule has 6 heteroatoms. The van der Waals surface area contributed by atoms with Crippen molar-refractivity contribution in [2.24, 2.45) is 17.3 Å². The molecule has 6 atom stereocenters. The van der Waals surface area contributed by atoms with Crippen LogP contribution in [0.15, 0.2) is 0 Å². The molecule has 0 bridgehead atoms. The first-order chi connectivity index (χ1) is 13.5. The lowest BCUT2D eigenvalue weighted by Crippen LogP contribution is -2.38. The van der Waals surface area contributed by atoms with Gasteiger partial charge in [0.15, 0.2) is 0 Å². The van der Waals surface area contributed by atoms with E-state index < -0.39 is 35.5 Å². The molecule has 2 heterocycles. The Labute approximate surface area is 175 Å². The molecule has 2 N–H and O–H groups in total. The minimum absolute atomic E-state index is 0.0109. The van der Waals surface area contributed by atoms with Gasteiger partial charge in [0.05, 0.1) is 5.60 Å². The predicted molar refractivity (Wildman–Crippen MR) is 110 cm³/mol. The highest BCUT2D eigenvalue weighted by Crippen LogP contribution is 2.44. The molecule has 0 aromatic carbocycles. The second-order valence-electron chi connectivity index (χ2n) is 10.0. The number of carbonyl (C=O) groups excluding carboxylic acids is 2. The van der Waals surface area contributed by atoms with E-state index in [0.29, 0.717) is 12.3 Å². The maximum atomic E-state index is 13.3. The van der Waals surface area contributed by atoms with Crippen molar-refractivity contribution in [3.63, 3.8) is 0 Å². The molecule has 2 rings (SSSR count). The number of aliphatic hydroxyl groups excluding tert-OH is 2. The van der Waals surface area contributed by atoms with Crippen molar-refractivity contribution in [1.29, 1.82) is 0 Å². The number of aliphatic hydroxyl groups is 2. The van der Waals surface area contributed by atoms with E-state index in [0.717, 1.165) is 44.9 Å². The van der Waals surface area contributed by atoms with Crippen LogP contribution in [0.4, 0.5) is 0 Å². The summed E-state index contributed by atoms with van der Waals surface area (Å²) >= 11 is 0. The zero-order chi connectivity index (χ0) is 21.8. The summed E-state index contributed by atoms with van der Waals surface area (Å²) < 4.78 is 10.7. The highest BCUT2D eigenvalue weighted by atomic mass is 16.7. The average molecular weight is 413 g/mol. The van der Waals surface area contributed by atoms with Gasteiger partial charge in [0.1, 0.15) is 18.0 Å². The Balaban J connectivity index is 2.14. The van der Waals surface area contributed by atoms with E-state index in [2.05, 4.69) is 13.8 Å². The monoisotopic (exact) mass is 412 g/mol. The molecule has 2 fully saturated rings. The Bertz CT molecular complexity index is 574. The molecule has 6 nitrogen and oxygen atoms in total. The number of ketones is 1. The molecular formula is C23H40O6. The molecule has 168 valence electrons. The van der Waals surface area contributed by atoms with Gasteiger partial charge in [-0.25, -0.2) is 0 Å². The molecule has 2 aliphatic heterocycles. The smallest absolute Gasteiger partial charge is 0.308 e. The van der Waals surface area contributed by atoms with Gasteiger partial charge in [0, 0.05) is 17.8 Å². The summed E-state index contributed by atoms with van der Waals surface area (Å²) in [6, 6.07) is 0. The third-order valence-electron chi connectivity index (χ3n) is 6.75. The van der Waals surface area contributed by atoms with Crippen LogP contribution in [-0.2, 0) is 19.1 Å². The van der Waals surface area contributed by atoms with E-state index in [4.69, 9.17) is 9.47 Å². The van der Waals surface area contributed by atoms with E-state index in [1.54, 1.807) is 0 Å². The largest absolute Gasteiger partial charge is 0.433 e. The van der Waals surface area contributed by atoms with Gasteiger partial charge in [-0.3, -0.25) is 9.59 Å². The number of unbranched alkanes of at least 4 members (excludes halogenated alkanes) is 1. The first-order valence-electron chi connectivity index (χ1n) is 11.3. The fourth-order valence-corrected chi connectivity index (χ4v) is 4.60. The van der Waals surface area contributed by atoms with Crippen molar-refractivity contribution >= 4 is 11.8 Å². The summed E-state index contributed by atoms with van der Waals surface area (Å²) in [5.74, 6) is 0.0452. The highest BCUT2D eigenvalue weighted by molar-refractivity contribution is 5.86. The third kappa shape index (κ3) is 6.50. The Kier molecular flexibility index (Phi) is 8.28. The Hall–Kier alpha value is -0.980. The lowest BCUT2D eigenvalue weighted by Gasteiger charge is -2.30. The van der Waals surface area contributed by atoms with Gasteiger partial charge in [-0.05, 0) is 38.5 Å². The van der Waals surface area contributed by atoms with E-state index in [-0.39, 0.29) is 18.1 Å². The van der Waals surface area contributed by atoms with Crippen LogP contribution in [0.2, 0.25) is 0 Å². The molecule has 0 aromatic heterocycles. The first-order valence-corrected chi connectivity index (χ1v) is 11.3. The number of hydrogen-bond donors (Lipinski definition) is 2. The quantitative estimate of drug-likeness (QED) is 0.541.